The van der Waals surface area contributed by atoms with Gasteiger partial charge < -0.3 is 48.7 Å². The molecular formula is C55H58N2O16S2. The van der Waals surface area contributed by atoms with Crippen LogP contribution in [0.3, 0.4) is 0 Å². The van der Waals surface area contributed by atoms with Gasteiger partial charge in [0, 0.05) is 49.6 Å². The van der Waals surface area contributed by atoms with E-state index in [1.807, 2.05) is 12.1 Å². The number of nitrogens with zero attached hydrogens (tertiary/aromatic N) is 1. The van der Waals surface area contributed by atoms with E-state index in [-0.39, 0.29) is 47.7 Å². The Morgan fingerprint density at radius 1 is 0.840 bits per heavy atom. The lowest BCUT2D eigenvalue weighted by Crippen LogP contribution is -2.82. The molecule has 1 aromatic heterocycles. The van der Waals surface area contributed by atoms with Crippen molar-refractivity contribution in [2.24, 2.45) is 16.7 Å². The summed E-state index contributed by atoms with van der Waals surface area (Å²) in [4.78, 5) is 104. The third-order valence-corrected chi connectivity index (χ3v) is 17.1. The van der Waals surface area contributed by atoms with Crippen molar-refractivity contribution in [3.8, 4) is 0 Å². The minimum absolute atomic E-state index is 0.0405. The lowest BCUT2D eigenvalue weighted by atomic mass is 9.44. The van der Waals surface area contributed by atoms with Crippen LogP contribution in [0.2, 0.25) is 0 Å². The Kier molecular flexibility index (Phi) is 16.3. The summed E-state index contributed by atoms with van der Waals surface area (Å²) >= 11 is 0. The first kappa shape index (κ1) is 54.7. The van der Waals surface area contributed by atoms with E-state index in [4.69, 9.17) is 33.2 Å². The number of fused-ring (bicyclic) bond motifs is 5. The fourth-order valence-corrected chi connectivity index (χ4v) is 12.8. The van der Waals surface area contributed by atoms with Gasteiger partial charge in [-0.1, -0.05) is 97.4 Å². The molecule has 18 nitrogen and oxygen atoms in total. The average molecular weight is 1070 g/mol. The Labute approximate surface area is 440 Å². The van der Waals surface area contributed by atoms with Gasteiger partial charge in [-0.15, -0.1) is 0 Å². The molecule has 4 aromatic rings. The van der Waals surface area contributed by atoms with E-state index < -0.39 is 119 Å². The number of amides is 1. The zero-order valence-corrected chi connectivity index (χ0v) is 43.6. The standard InChI is InChI=1S/C55H58N2O16S2/c1-31-37(70-50(64)44(71-51(65)67-26-27-74-75-40-24-16-17-25-56-40)42(34-18-10-7-11-19-34)57-48(62)35-20-12-8-13-21-35)29-55(66)47(72-49(63)36-22-14-9-15-23-36)45-53(6,38(60)28-39-54(45,30-68-39)73-33(3)59)46(61)43(69-32(2)58)41(31)52(55,4)5/h7-25,37-39,42-45,47,60,66H,26-30H2,1-6H3,(H,57,62)/t37-,38-,39+,42-,43+,44+,45-,47-,53+,54-,55+/m0/s1. The van der Waals surface area contributed by atoms with Crippen molar-refractivity contribution >= 4 is 63.3 Å². The maximum absolute atomic E-state index is 15.8. The SMILES string of the molecule is CC(=O)O[C@H]1C(=O)[C@@]2(C)[C@H]([C@H](OC(=O)c3ccccc3)[C@]3(O)C[C@H](OC(=O)[C@H](OC(=O)OCCSSc4ccccn4)[C@@H](NC(=O)c4ccccc4)c4ccccc4)C(C)=C1C3(C)C)[C@]1(OC(C)=O)CO[C@@H]1C[C@@H]2O. The summed E-state index contributed by atoms with van der Waals surface area (Å²) in [5.41, 5.74) is -7.54. The molecule has 3 aliphatic carbocycles. The molecular weight excluding hydrogens is 1010 g/mol. The van der Waals surface area contributed by atoms with Crippen molar-refractivity contribution in [1.82, 2.24) is 10.3 Å². The maximum atomic E-state index is 15.8. The Morgan fingerprint density at radius 3 is 2.08 bits per heavy atom. The molecule has 75 heavy (non-hydrogen) atoms. The number of carbonyl (C=O) groups is 7. The third kappa shape index (κ3) is 10.7. The molecule has 3 aromatic carbocycles. The first-order valence-corrected chi connectivity index (χ1v) is 26.6. The topological polar surface area (TPSA) is 249 Å². The molecule has 1 amide bonds. The van der Waals surface area contributed by atoms with Crippen molar-refractivity contribution in [3.63, 3.8) is 0 Å². The first-order valence-electron chi connectivity index (χ1n) is 24.3. The van der Waals surface area contributed by atoms with Crippen molar-refractivity contribution in [1.29, 1.82) is 0 Å². The Balaban J connectivity index is 1.24. The van der Waals surface area contributed by atoms with Crippen LogP contribution >= 0.6 is 21.6 Å². The van der Waals surface area contributed by atoms with Crippen LogP contribution in [0.1, 0.15) is 86.7 Å². The normalized spacial score (nSPS) is 28.2. The van der Waals surface area contributed by atoms with Gasteiger partial charge in [-0.05, 0) is 77.7 Å². The molecule has 1 saturated heterocycles. The van der Waals surface area contributed by atoms with Crippen molar-refractivity contribution in [2.75, 3.05) is 19.0 Å². The lowest BCUT2D eigenvalue weighted by molar-refractivity contribution is -0.346. The van der Waals surface area contributed by atoms with Crippen molar-refractivity contribution in [2.45, 2.75) is 113 Å². The first-order chi connectivity index (χ1) is 35.7. The van der Waals surface area contributed by atoms with Gasteiger partial charge in [-0.2, -0.15) is 0 Å². The number of benzene rings is 3. The van der Waals surface area contributed by atoms with E-state index in [0.29, 0.717) is 5.56 Å². The summed E-state index contributed by atoms with van der Waals surface area (Å²) in [5, 5.41) is 29.8. The molecule has 396 valence electrons. The number of hydrogen-bond donors (Lipinski definition) is 3. The number of aliphatic hydroxyl groups excluding tert-OH is 1. The Morgan fingerprint density at radius 2 is 1.48 bits per heavy atom. The fourth-order valence-electron chi connectivity index (χ4n) is 11.1. The molecule has 3 N–H and O–H groups in total. The summed E-state index contributed by atoms with van der Waals surface area (Å²) in [7, 11) is 2.70. The van der Waals surface area contributed by atoms with E-state index in [0.717, 1.165) is 18.9 Å². The average Bonchev–Trinajstić information content (AvgIpc) is 3.46. The number of rotatable bonds is 16. The van der Waals surface area contributed by atoms with Gasteiger partial charge in [-0.25, -0.2) is 19.4 Å². The van der Waals surface area contributed by atoms with E-state index in [1.165, 1.54) is 47.6 Å². The van der Waals surface area contributed by atoms with Gasteiger partial charge >= 0.3 is 30.0 Å². The molecule has 20 heteroatoms. The highest BCUT2D eigenvalue weighted by Gasteiger charge is 2.78. The number of aromatic nitrogens is 1. The molecule has 0 spiro atoms. The molecule has 2 heterocycles. The number of esters is 4. The van der Waals surface area contributed by atoms with Gasteiger partial charge in [0.2, 0.25) is 6.10 Å². The highest BCUT2D eigenvalue weighted by Crippen LogP contribution is 2.64. The monoisotopic (exact) mass is 1070 g/mol. The van der Waals surface area contributed by atoms with Gasteiger partial charge in [0.25, 0.3) is 5.91 Å². The van der Waals surface area contributed by atoms with Crippen LogP contribution < -0.4 is 5.32 Å². The number of pyridine rings is 1. The number of hydrogen-bond acceptors (Lipinski definition) is 19. The summed E-state index contributed by atoms with van der Waals surface area (Å²) < 4.78 is 42.2. The second-order valence-electron chi connectivity index (χ2n) is 19.6. The molecule has 1 aliphatic heterocycles. The van der Waals surface area contributed by atoms with Gasteiger partial charge in [-0.3, -0.25) is 19.2 Å². The van der Waals surface area contributed by atoms with E-state index in [9.17, 15) is 34.2 Å². The summed E-state index contributed by atoms with van der Waals surface area (Å²) in [6, 6.07) is 28.1. The maximum Gasteiger partial charge on any atom is 0.509 e. The van der Waals surface area contributed by atoms with E-state index >= 15 is 9.59 Å². The third-order valence-electron chi connectivity index (χ3n) is 14.8. The fraction of sp³-hybridized carbons (Fsp3) is 0.418. The predicted octanol–water partition coefficient (Wildman–Crippen LogP) is 6.73. The zero-order chi connectivity index (χ0) is 53.9. The molecule has 2 bridgehead atoms. The van der Waals surface area contributed by atoms with Crippen molar-refractivity contribution in [3.05, 3.63) is 143 Å². The molecule has 0 radical (unpaired) electrons. The molecule has 8 rings (SSSR count). The molecule has 0 unspecified atom stereocenters. The van der Waals surface area contributed by atoms with Gasteiger partial charge in [0.15, 0.2) is 17.5 Å². The van der Waals surface area contributed by atoms with E-state index in [1.54, 1.807) is 105 Å². The highest BCUT2D eigenvalue weighted by atomic mass is 33.1. The van der Waals surface area contributed by atoms with Crippen LogP contribution in [-0.4, -0.2) is 124 Å². The van der Waals surface area contributed by atoms with Crippen LogP contribution in [0.15, 0.2) is 132 Å². The van der Waals surface area contributed by atoms with Gasteiger partial charge in [0.05, 0.1) is 29.6 Å². The Bertz CT molecular complexity index is 2820. The molecule has 4 aliphatic rings. The van der Waals surface area contributed by atoms with Crippen LogP contribution in [0.5, 0.6) is 0 Å². The quantitative estimate of drug-likeness (QED) is 0.0346. The molecule has 2 saturated carbocycles. The number of aliphatic hydroxyl groups is 2. The Hall–Kier alpha value is -6.58. The number of ether oxygens (including phenoxy) is 7. The summed E-state index contributed by atoms with van der Waals surface area (Å²) in [6.07, 6.45) is -10.6. The smallest absolute Gasteiger partial charge is 0.455 e. The van der Waals surface area contributed by atoms with Crippen LogP contribution in [-0.2, 0) is 52.3 Å². The summed E-state index contributed by atoms with van der Waals surface area (Å²) in [6.45, 7) is 7.69. The number of nitrogens with one attached hydrogen (secondary N) is 1. The zero-order valence-electron chi connectivity index (χ0n) is 42.0. The number of ketones is 1. The van der Waals surface area contributed by atoms with E-state index in [2.05, 4.69) is 10.3 Å². The largest absolute Gasteiger partial charge is 0.509 e. The van der Waals surface area contributed by atoms with Crippen LogP contribution in [0, 0.1) is 16.7 Å². The number of Topliss-reactive ketones (excluding diaryl/α,β-unsaturated/α-hetero) is 1. The minimum Gasteiger partial charge on any atom is -0.455 e. The minimum atomic E-state index is -2.48. The summed E-state index contributed by atoms with van der Waals surface area (Å²) in [5.74, 6) is -6.83. The van der Waals surface area contributed by atoms with Crippen LogP contribution in [0.4, 0.5) is 4.79 Å². The van der Waals surface area contributed by atoms with Crippen LogP contribution in [0.25, 0.3) is 0 Å². The second-order valence-corrected chi connectivity index (χ2v) is 22.1. The second kappa shape index (κ2) is 22.3. The lowest BCUT2D eigenvalue weighted by Gasteiger charge is -2.67. The highest BCUT2D eigenvalue weighted by molar-refractivity contribution is 8.76. The van der Waals surface area contributed by atoms with Gasteiger partial charge in [0.1, 0.15) is 41.6 Å². The molecule has 11 atom stereocenters. The predicted molar refractivity (Wildman–Crippen MR) is 270 cm³/mol. The number of carbonyl (C=O) groups excluding carboxylic acids is 7. The van der Waals surface area contributed by atoms with Crippen molar-refractivity contribution < 1.29 is 76.9 Å². The molecule has 3 fully saturated rings.